The van der Waals surface area contributed by atoms with Crippen LogP contribution in [0.15, 0.2) is 143 Å². The van der Waals surface area contributed by atoms with Crippen molar-refractivity contribution < 1.29 is 72.5 Å². The van der Waals surface area contributed by atoms with Crippen molar-refractivity contribution >= 4 is 66.6 Å². The summed E-state index contributed by atoms with van der Waals surface area (Å²) >= 11 is 11.5. The monoisotopic (exact) mass is 942 g/mol. The number of halogens is 8. The van der Waals surface area contributed by atoms with Gasteiger partial charge in [0, 0.05) is 10.0 Å². The molecule has 0 aromatic heterocycles. The molecule has 0 aliphatic heterocycles. The predicted octanol–water partition coefficient (Wildman–Crippen LogP) is 11.3. The molecule has 0 amide bonds. The van der Waals surface area contributed by atoms with Crippen molar-refractivity contribution in [2.45, 2.75) is 22.1 Å². The zero-order valence-electron chi connectivity index (χ0n) is 30.7. The Bertz CT molecular complexity index is 2650. The molecule has 0 spiro atoms. The van der Waals surface area contributed by atoms with Gasteiger partial charge in [-0.2, -0.15) is 26.3 Å². The molecular weight excluding hydrogens is 917 g/mol. The Hall–Kier alpha value is -6.48. The molecule has 324 valence electrons. The van der Waals surface area contributed by atoms with E-state index in [0.29, 0.717) is 24.3 Å². The molecule has 62 heavy (non-hydrogen) atoms. The number of alkyl halides is 6. The second-order valence-corrected chi connectivity index (χ2v) is 16.6. The first-order valence-corrected chi connectivity index (χ1v) is 20.7. The summed E-state index contributed by atoms with van der Waals surface area (Å²) in [4.78, 5) is 22.3. The number of para-hydroxylation sites is 2. The van der Waals surface area contributed by atoms with Crippen molar-refractivity contribution in [2.75, 3.05) is 9.44 Å². The fourth-order valence-electron chi connectivity index (χ4n) is 5.09. The van der Waals surface area contributed by atoms with Crippen LogP contribution in [0.5, 0.6) is 23.0 Å². The number of nitrogens with one attached hydrogen (secondary N) is 2. The Morgan fingerprint density at radius 3 is 1.11 bits per heavy atom. The average Bonchev–Trinajstić information content (AvgIpc) is 3.19. The van der Waals surface area contributed by atoms with E-state index >= 15 is 0 Å². The SMILES string of the molecule is O=C(O)c1ccccc1Oc1ccc(C(F)(F)F)cc1NS(=O)(=O)c1ccc(Cl)cc1.O=C(O)c1ccccc1Oc1ccc(C(F)(F)F)cc1NS(=O)(=O)c1ccc(Cl)cc1. The molecule has 6 aromatic carbocycles. The van der Waals surface area contributed by atoms with Crippen LogP contribution in [0.2, 0.25) is 10.0 Å². The van der Waals surface area contributed by atoms with Gasteiger partial charge >= 0.3 is 24.3 Å². The number of carboxylic acids is 2. The van der Waals surface area contributed by atoms with E-state index in [9.17, 15) is 63.0 Å². The Morgan fingerprint density at radius 1 is 0.484 bits per heavy atom. The maximum Gasteiger partial charge on any atom is 0.416 e. The van der Waals surface area contributed by atoms with Crippen LogP contribution in [-0.2, 0) is 32.4 Å². The summed E-state index contributed by atoms with van der Waals surface area (Å²) in [5.41, 5.74) is -3.81. The molecule has 0 aliphatic rings. The number of sulfonamides is 2. The van der Waals surface area contributed by atoms with Crippen LogP contribution in [0.3, 0.4) is 0 Å². The number of hydrogen-bond acceptors (Lipinski definition) is 8. The van der Waals surface area contributed by atoms with Crippen LogP contribution in [0.4, 0.5) is 37.7 Å². The van der Waals surface area contributed by atoms with Gasteiger partial charge in [-0.15, -0.1) is 0 Å². The van der Waals surface area contributed by atoms with E-state index in [1.807, 2.05) is 0 Å². The van der Waals surface area contributed by atoms with Gasteiger partial charge < -0.3 is 19.7 Å². The second-order valence-electron chi connectivity index (χ2n) is 12.3. The summed E-state index contributed by atoms with van der Waals surface area (Å²) in [6, 6.07) is 25.1. The van der Waals surface area contributed by atoms with E-state index in [1.54, 1.807) is 0 Å². The maximum absolute atomic E-state index is 13.2. The molecule has 0 heterocycles. The zero-order chi connectivity index (χ0) is 45.6. The quantitative estimate of drug-likeness (QED) is 0.0861. The van der Waals surface area contributed by atoms with Gasteiger partial charge in [0.1, 0.15) is 22.6 Å². The zero-order valence-corrected chi connectivity index (χ0v) is 33.8. The highest BCUT2D eigenvalue weighted by Gasteiger charge is 2.33. The topological polar surface area (TPSA) is 185 Å². The first-order valence-electron chi connectivity index (χ1n) is 16.9. The molecule has 0 saturated heterocycles. The van der Waals surface area contributed by atoms with Gasteiger partial charge in [-0.05, 0) is 109 Å². The van der Waals surface area contributed by atoms with Crippen molar-refractivity contribution in [3.63, 3.8) is 0 Å². The van der Waals surface area contributed by atoms with Gasteiger partial charge in [0.15, 0.2) is 11.5 Å². The molecule has 0 bridgehead atoms. The van der Waals surface area contributed by atoms with Crippen LogP contribution < -0.4 is 18.9 Å². The number of benzene rings is 6. The largest absolute Gasteiger partial charge is 0.478 e. The van der Waals surface area contributed by atoms with Gasteiger partial charge in [0.05, 0.1) is 32.3 Å². The highest BCUT2D eigenvalue weighted by atomic mass is 35.5. The predicted molar refractivity (Wildman–Crippen MR) is 214 cm³/mol. The normalized spacial score (nSPS) is 11.7. The molecule has 0 atom stereocenters. The lowest BCUT2D eigenvalue weighted by atomic mass is 10.1. The number of aromatic carboxylic acids is 2. The summed E-state index contributed by atoms with van der Waals surface area (Å²) in [5, 5.41) is 19.1. The number of rotatable bonds is 12. The first-order chi connectivity index (χ1) is 28.9. The summed E-state index contributed by atoms with van der Waals surface area (Å²) in [5.74, 6) is -3.65. The Labute approximate surface area is 358 Å². The van der Waals surface area contributed by atoms with E-state index < -0.39 is 66.8 Å². The van der Waals surface area contributed by atoms with Crippen molar-refractivity contribution in [3.8, 4) is 23.0 Å². The lowest BCUT2D eigenvalue weighted by Crippen LogP contribution is -2.15. The fraction of sp³-hybridized carbons (Fsp3) is 0.0500. The van der Waals surface area contributed by atoms with Crippen LogP contribution >= 0.6 is 23.2 Å². The van der Waals surface area contributed by atoms with Gasteiger partial charge in [-0.1, -0.05) is 47.5 Å². The maximum atomic E-state index is 13.2. The van der Waals surface area contributed by atoms with Crippen molar-refractivity contribution in [3.05, 3.63) is 166 Å². The minimum atomic E-state index is -4.75. The van der Waals surface area contributed by atoms with E-state index in [2.05, 4.69) is 9.44 Å². The van der Waals surface area contributed by atoms with E-state index in [0.717, 1.165) is 12.1 Å². The standard InChI is InChI=1S/2C20H13ClF3NO5S/c2*21-13-6-8-14(9-7-13)31(28,29)25-16-11-12(20(22,23)24)5-10-18(16)30-17-4-2-1-3-15(17)19(26)27/h2*1-11,25H,(H,26,27). The van der Waals surface area contributed by atoms with Crippen molar-refractivity contribution in [1.82, 2.24) is 0 Å². The van der Waals surface area contributed by atoms with Crippen molar-refractivity contribution in [2.24, 2.45) is 0 Å². The van der Waals surface area contributed by atoms with Crippen LogP contribution in [-0.4, -0.2) is 39.0 Å². The third-order valence-corrected chi connectivity index (χ3v) is 11.3. The molecule has 22 heteroatoms. The Balaban J connectivity index is 0.000000234. The number of ether oxygens (including phenoxy) is 2. The second kappa shape index (κ2) is 18.6. The lowest BCUT2D eigenvalue weighted by Gasteiger charge is -2.17. The molecule has 12 nitrogen and oxygen atoms in total. The molecule has 0 unspecified atom stereocenters. The molecule has 0 saturated carbocycles. The van der Waals surface area contributed by atoms with E-state index in [4.69, 9.17) is 32.7 Å². The summed E-state index contributed by atoms with van der Waals surface area (Å²) in [6.07, 6.45) is -9.50. The minimum absolute atomic E-state index is 0.179. The smallest absolute Gasteiger partial charge is 0.416 e. The summed E-state index contributed by atoms with van der Waals surface area (Å²) < 4.78 is 145. The fourth-order valence-corrected chi connectivity index (χ4v) is 7.46. The highest BCUT2D eigenvalue weighted by molar-refractivity contribution is 7.93. The molecular formula is C40H26Cl2F6N2O10S2. The minimum Gasteiger partial charge on any atom is -0.478 e. The molecule has 6 aromatic rings. The lowest BCUT2D eigenvalue weighted by molar-refractivity contribution is -0.138. The van der Waals surface area contributed by atoms with Gasteiger partial charge in [0.25, 0.3) is 20.0 Å². The highest BCUT2D eigenvalue weighted by Crippen LogP contribution is 2.40. The number of anilines is 2. The number of hydrogen-bond donors (Lipinski definition) is 4. The molecule has 4 N–H and O–H groups in total. The first kappa shape index (κ1) is 46.6. The number of carboxylic acid groups (broad SMARTS) is 2. The summed E-state index contributed by atoms with van der Waals surface area (Å²) in [6.45, 7) is 0. The molecule has 6 rings (SSSR count). The van der Waals surface area contributed by atoms with Gasteiger partial charge in [0.2, 0.25) is 0 Å². The number of carbonyl (C=O) groups is 2. The average molecular weight is 944 g/mol. The van der Waals surface area contributed by atoms with Gasteiger partial charge in [-0.3, -0.25) is 9.44 Å². The van der Waals surface area contributed by atoms with E-state index in [1.165, 1.54) is 97.1 Å². The van der Waals surface area contributed by atoms with Crippen LogP contribution in [0.1, 0.15) is 31.8 Å². The summed E-state index contributed by atoms with van der Waals surface area (Å²) in [7, 11) is -8.61. The van der Waals surface area contributed by atoms with Crippen LogP contribution in [0.25, 0.3) is 0 Å². The third kappa shape index (κ3) is 11.9. The van der Waals surface area contributed by atoms with Crippen LogP contribution in [0, 0.1) is 0 Å². The Kier molecular flexibility index (Phi) is 14.0. The van der Waals surface area contributed by atoms with Crippen molar-refractivity contribution in [1.29, 1.82) is 0 Å². The van der Waals surface area contributed by atoms with E-state index in [-0.39, 0.29) is 54.0 Å². The molecule has 0 radical (unpaired) electrons. The molecule has 0 fully saturated rings. The third-order valence-electron chi connectivity index (χ3n) is 8.03. The molecule has 0 aliphatic carbocycles. The Morgan fingerprint density at radius 2 is 0.806 bits per heavy atom. The van der Waals surface area contributed by atoms with Gasteiger partial charge in [-0.25, -0.2) is 26.4 Å².